The fraction of sp³-hybridized carbons (Fsp3) is 0.429. The Morgan fingerprint density at radius 1 is 1.32 bits per heavy atom. The molecule has 0 aliphatic heterocycles. The van der Waals surface area contributed by atoms with Crippen LogP contribution in [0.2, 0.25) is 0 Å². The van der Waals surface area contributed by atoms with Crippen LogP contribution in [-0.2, 0) is 25.8 Å². The minimum Gasteiger partial charge on any atom is -0.550 e. The molecule has 2 N–H and O–H groups in total. The normalized spacial score (nSPS) is 11.8. The molecule has 104 valence electrons. The number of nitrogens with one attached hydrogen (secondary N) is 1. The summed E-state index contributed by atoms with van der Waals surface area (Å²) in [7, 11) is -4.27. The molecule has 0 saturated heterocycles. The van der Waals surface area contributed by atoms with Gasteiger partial charge >= 0.3 is 49.4 Å². The molecule has 0 unspecified atom stereocenters. The van der Waals surface area contributed by atoms with E-state index in [4.69, 9.17) is 4.55 Å². The van der Waals surface area contributed by atoms with Crippen LogP contribution in [0.1, 0.15) is 6.42 Å². The van der Waals surface area contributed by atoms with Gasteiger partial charge in [-0.1, -0.05) is 6.08 Å². The first-order valence-corrected chi connectivity index (χ1v) is 8.77. The summed E-state index contributed by atoms with van der Waals surface area (Å²) in [6.45, 7) is -0.496. The van der Waals surface area contributed by atoms with E-state index in [2.05, 4.69) is 0 Å². The summed E-state index contributed by atoms with van der Waals surface area (Å²) in [6, 6.07) is 0. The van der Waals surface area contributed by atoms with Crippen molar-refractivity contribution in [1.82, 2.24) is 5.32 Å². The standard InChI is InChI=1S/C7H10INO8S.Na/c10-6(11)2-1-5(8(13)14)7(12)9-3-4-18(15,16)17;/h1H,2-4H2,(H,9,12)(H,10,11)(H,15,16,17);/q;+1/p-1. The molecule has 12 heteroatoms. The summed E-state index contributed by atoms with van der Waals surface area (Å²) < 4.78 is 49.7. The molecule has 0 aromatic rings. The minimum atomic E-state index is -4.27. The van der Waals surface area contributed by atoms with Gasteiger partial charge in [0.1, 0.15) is 3.58 Å². The largest absolute Gasteiger partial charge is 1.00 e. The molecule has 0 aromatic heterocycles. The summed E-state index contributed by atoms with van der Waals surface area (Å²) in [4.78, 5) is 21.4. The third-order valence-electron chi connectivity index (χ3n) is 1.48. The molecule has 0 aliphatic carbocycles. The second-order valence-corrected chi connectivity index (χ2v) is 6.86. The van der Waals surface area contributed by atoms with E-state index in [1.807, 2.05) is 5.32 Å². The summed E-state index contributed by atoms with van der Waals surface area (Å²) in [5, 5.41) is 12.0. The van der Waals surface area contributed by atoms with Gasteiger partial charge in [0.15, 0.2) is 0 Å². The zero-order chi connectivity index (χ0) is 14.3. The van der Waals surface area contributed by atoms with E-state index in [9.17, 15) is 29.3 Å². The van der Waals surface area contributed by atoms with Gasteiger partial charge in [-0.2, -0.15) is 8.42 Å². The van der Waals surface area contributed by atoms with Crippen LogP contribution in [-0.4, -0.2) is 37.1 Å². The van der Waals surface area contributed by atoms with Crippen molar-refractivity contribution in [3.8, 4) is 0 Å². The first kappa shape index (κ1) is 21.2. The van der Waals surface area contributed by atoms with Crippen LogP contribution in [0.15, 0.2) is 9.66 Å². The Kier molecular flexibility index (Phi) is 10.9. The summed E-state index contributed by atoms with van der Waals surface area (Å²) in [5.41, 5.74) is 0. The molecule has 0 radical (unpaired) electrons. The molecule has 0 aromatic carbocycles. The molecule has 0 spiro atoms. The van der Waals surface area contributed by atoms with Gasteiger partial charge in [-0.15, -0.1) is 0 Å². The Morgan fingerprint density at radius 3 is 2.21 bits per heavy atom. The van der Waals surface area contributed by atoms with Crippen LogP contribution in [0, 0.1) is 0 Å². The Bertz CT molecular complexity index is 529. The molecule has 0 saturated carbocycles. The number of carbonyl (C=O) groups excluding carboxylic acids is 2. The maximum absolute atomic E-state index is 11.3. The average Bonchev–Trinajstić information content (AvgIpc) is 2.14. The first-order valence-electron chi connectivity index (χ1n) is 4.32. The summed E-state index contributed by atoms with van der Waals surface area (Å²) in [6.07, 6.45) is -0.0809. The van der Waals surface area contributed by atoms with Gasteiger partial charge in [0.25, 0.3) is 16.0 Å². The number of carboxylic acids is 1. The number of carboxylic acid groups (broad SMARTS) is 1. The molecule has 0 heterocycles. The Hall–Kier alpha value is -0.0800. The second-order valence-electron chi connectivity index (χ2n) is 2.89. The Morgan fingerprint density at radius 2 is 1.84 bits per heavy atom. The van der Waals surface area contributed by atoms with E-state index in [-0.39, 0.29) is 29.6 Å². The molecular weight excluding hydrogens is 408 g/mol. The van der Waals surface area contributed by atoms with Crippen molar-refractivity contribution in [3.05, 3.63) is 9.66 Å². The van der Waals surface area contributed by atoms with Crippen LogP contribution in [0.25, 0.3) is 0 Å². The molecule has 0 rings (SSSR count). The number of hydrogen-bond donors (Lipinski definition) is 2. The number of hydrogen-bond acceptors (Lipinski definition) is 7. The number of amides is 1. The van der Waals surface area contributed by atoms with Crippen LogP contribution >= 0.6 is 19.8 Å². The van der Waals surface area contributed by atoms with Gasteiger partial charge in [-0.3, -0.25) is 9.35 Å². The minimum absolute atomic E-state index is 0. The van der Waals surface area contributed by atoms with E-state index >= 15 is 0 Å². The third kappa shape index (κ3) is 11.4. The van der Waals surface area contributed by atoms with Gasteiger partial charge < -0.3 is 15.2 Å². The number of aliphatic carboxylic acids is 1. The van der Waals surface area contributed by atoms with E-state index < -0.39 is 64.1 Å². The van der Waals surface area contributed by atoms with Crippen molar-refractivity contribution >= 4 is 41.8 Å². The van der Waals surface area contributed by atoms with Crippen LogP contribution < -0.4 is 40.0 Å². The van der Waals surface area contributed by atoms with E-state index in [1.54, 1.807) is 0 Å². The van der Waals surface area contributed by atoms with Crippen molar-refractivity contribution in [2.45, 2.75) is 6.42 Å². The van der Waals surface area contributed by atoms with Crippen molar-refractivity contribution < 1.29 is 63.4 Å². The predicted molar refractivity (Wildman–Crippen MR) is 62.5 cm³/mol. The van der Waals surface area contributed by atoms with Crippen molar-refractivity contribution in [1.29, 1.82) is 0 Å². The van der Waals surface area contributed by atoms with Gasteiger partial charge in [-0.25, -0.2) is 6.14 Å². The molecular formula is C7H9INNaO8S. The fourth-order valence-electron chi connectivity index (χ4n) is 0.777. The van der Waals surface area contributed by atoms with Crippen molar-refractivity contribution in [2.24, 2.45) is 0 Å². The van der Waals surface area contributed by atoms with E-state index in [0.717, 1.165) is 0 Å². The van der Waals surface area contributed by atoms with Gasteiger partial charge in [0, 0.05) is 18.9 Å². The smallest absolute Gasteiger partial charge is 0.550 e. The molecule has 1 amide bonds. The average molecular weight is 417 g/mol. The zero-order valence-corrected chi connectivity index (χ0v) is 14.8. The van der Waals surface area contributed by atoms with Crippen molar-refractivity contribution in [2.75, 3.05) is 12.3 Å². The molecule has 0 bridgehead atoms. The maximum atomic E-state index is 11.3. The molecule has 9 nitrogen and oxygen atoms in total. The molecule has 0 atom stereocenters. The topological polar surface area (TPSA) is 158 Å². The van der Waals surface area contributed by atoms with Gasteiger partial charge in [0.2, 0.25) is 0 Å². The first-order chi connectivity index (χ1) is 8.13. The zero-order valence-electron chi connectivity index (χ0n) is 9.79. The maximum Gasteiger partial charge on any atom is 1.00 e. The second kappa shape index (κ2) is 9.77. The van der Waals surface area contributed by atoms with Gasteiger partial charge in [-0.05, 0) is 0 Å². The number of rotatable bonds is 7. The Balaban J connectivity index is 0. The van der Waals surface area contributed by atoms with Crippen LogP contribution in [0.5, 0.6) is 0 Å². The number of carbonyl (C=O) groups is 2. The van der Waals surface area contributed by atoms with Gasteiger partial charge in [0.05, 0.1) is 5.75 Å². The summed E-state index contributed by atoms with van der Waals surface area (Å²) >= 11 is -4.21. The quantitative estimate of drug-likeness (QED) is 0.181. The van der Waals surface area contributed by atoms with Crippen LogP contribution in [0.3, 0.4) is 0 Å². The van der Waals surface area contributed by atoms with Crippen molar-refractivity contribution in [3.63, 3.8) is 0 Å². The van der Waals surface area contributed by atoms with E-state index in [1.165, 1.54) is 0 Å². The van der Waals surface area contributed by atoms with Crippen LogP contribution in [0.4, 0.5) is 0 Å². The monoisotopic (exact) mass is 417 g/mol. The predicted octanol–water partition coefficient (Wildman–Crippen LogP) is -4.78. The molecule has 19 heavy (non-hydrogen) atoms. The molecule has 0 fully saturated rings. The fourth-order valence-corrected chi connectivity index (χ4v) is 2.31. The number of halogens is 1. The SMILES string of the molecule is O=C([O-])CC=C(C(=O)NCCS(=O)(=O)O)I(=O)=O.[Na+]. The third-order valence-corrected chi connectivity index (χ3v) is 4.08. The van der Waals surface area contributed by atoms with E-state index in [0.29, 0.717) is 6.08 Å². The summed E-state index contributed by atoms with van der Waals surface area (Å²) in [5.74, 6) is -3.45. The Labute approximate surface area is 138 Å². The molecule has 0 aliphatic rings.